The maximum Gasteiger partial charge on any atom is 0.469 e. The van der Waals surface area contributed by atoms with Crippen molar-refractivity contribution in [2.75, 3.05) is 14.2 Å². The number of allylic oxidation sites excluding steroid dienone is 2. The number of ether oxygens (including phenoxy) is 2. The van der Waals surface area contributed by atoms with Crippen LogP contribution in [0, 0.1) is 5.41 Å². The van der Waals surface area contributed by atoms with Crippen LogP contribution in [0.15, 0.2) is 23.8 Å². The molecule has 0 atom stereocenters. The SMILES string of the molecule is C=C1CC(C(=O)OC)(C(=O)OC)C=C1C1(B2OC(C)(C)C(C)(C)O2)CCCCC1. The van der Waals surface area contributed by atoms with Crippen LogP contribution in [0.5, 0.6) is 0 Å². The van der Waals surface area contributed by atoms with Gasteiger partial charge in [-0.3, -0.25) is 9.59 Å². The molecule has 7 heteroatoms. The lowest BCUT2D eigenvalue weighted by molar-refractivity contribution is -0.164. The Kier molecular flexibility index (Phi) is 5.54. The van der Waals surface area contributed by atoms with Gasteiger partial charge in [-0.05, 0) is 46.1 Å². The van der Waals surface area contributed by atoms with Crippen LogP contribution in [0.25, 0.3) is 0 Å². The molecule has 0 amide bonds. The minimum absolute atomic E-state index is 0.156. The van der Waals surface area contributed by atoms with Gasteiger partial charge in [0.1, 0.15) is 0 Å². The van der Waals surface area contributed by atoms with E-state index in [2.05, 4.69) is 6.58 Å². The summed E-state index contributed by atoms with van der Waals surface area (Å²) in [5.41, 5.74) is -0.803. The van der Waals surface area contributed by atoms with Crippen molar-refractivity contribution in [3.8, 4) is 0 Å². The van der Waals surface area contributed by atoms with Crippen molar-refractivity contribution in [3.05, 3.63) is 23.8 Å². The van der Waals surface area contributed by atoms with Crippen LogP contribution in [0.1, 0.15) is 66.2 Å². The summed E-state index contributed by atoms with van der Waals surface area (Å²) < 4.78 is 22.9. The predicted octanol–water partition coefficient (Wildman–Crippen LogP) is 4.00. The van der Waals surface area contributed by atoms with Crippen molar-refractivity contribution in [2.45, 2.75) is 82.7 Å². The van der Waals surface area contributed by atoms with Crippen LogP contribution in [-0.2, 0) is 28.4 Å². The smallest absolute Gasteiger partial charge is 0.468 e. The number of esters is 2. The Labute approximate surface area is 174 Å². The summed E-state index contributed by atoms with van der Waals surface area (Å²) in [6, 6.07) is 0. The topological polar surface area (TPSA) is 71.1 Å². The fourth-order valence-corrected chi connectivity index (χ4v) is 4.92. The van der Waals surface area contributed by atoms with E-state index in [0.717, 1.165) is 43.3 Å². The summed E-state index contributed by atoms with van der Waals surface area (Å²) in [6.45, 7) is 12.4. The van der Waals surface area contributed by atoms with Gasteiger partial charge in [0.2, 0.25) is 0 Å². The molecule has 1 aliphatic heterocycles. The lowest BCUT2D eigenvalue weighted by Gasteiger charge is -2.40. The summed E-state index contributed by atoms with van der Waals surface area (Å²) in [7, 11) is 2.10. The van der Waals surface area contributed by atoms with E-state index >= 15 is 0 Å². The highest BCUT2D eigenvalue weighted by Gasteiger charge is 2.63. The first-order valence-corrected chi connectivity index (χ1v) is 10.4. The van der Waals surface area contributed by atoms with E-state index in [0.29, 0.717) is 0 Å². The third-order valence-corrected chi connectivity index (χ3v) is 7.35. The van der Waals surface area contributed by atoms with Gasteiger partial charge in [-0.15, -0.1) is 0 Å². The second-order valence-electron chi connectivity index (χ2n) is 9.60. The Morgan fingerprint density at radius 1 is 0.966 bits per heavy atom. The van der Waals surface area contributed by atoms with Gasteiger partial charge in [0.25, 0.3) is 0 Å². The van der Waals surface area contributed by atoms with Crippen LogP contribution >= 0.6 is 0 Å². The van der Waals surface area contributed by atoms with E-state index in [1.807, 2.05) is 27.7 Å². The molecule has 0 radical (unpaired) electrons. The minimum Gasteiger partial charge on any atom is -0.468 e. The van der Waals surface area contributed by atoms with Crippen molar-refractivity contribution in [1.29, 1.82) is 0 Å². The summed E-state index contributed by atoms with van der Waals surface area (Å²) in [6.07, 6.45) is 6.78. The molecule has 29 heavy (non-hydrogen) atoms. The Hall–Kier alpha value is -1.60. The molecular weight excluding hydrogens is 371 g/mol. The van der Waals surface area contributed by atoms with Crippen LogP contribution < -0.4 is 0 Å². The second kappa shape index (κ2) is 7.27. The van der Waals surface area contributed by atoms with Gasteiger partial charge in [0.15, 0.2) is 5.41 Å². The third-order valence-electron chi connectivity index (χ3n) is 7.35. The molecule has 0 aromatic carbocycles. The molecule has 0 spiro atoms. The van der Waals surface area contributed by atoms with Gasteiger partial charge in [-0.25, -0.2) is 0 Å². The van der Waals surface area contributed by atoms with E-state index in [1.54, 1.807) is 6.08 Å². The molecule has 0 bridgehead atoms. The number of methoxy groups -OCH3 is 2. The normalized spacial score (nSPS) is 26.8. The zero-order valence-electron chi connectivity index (χ0n) is 18.6. The molecule has 1 saturated heterocycles. The van der Waals surface area contributed by atoms with Crippen LogP contribution in [0.2, 0.25) is 5.31 Å². The number of hydrogen-bond acceptors (Lipinski definition) is 6. The minimum atomic E-state index is -1.50. The highest BCUT2D eigenvalue weighted by atomic mass is 16.7. The number of carbonyl (C=O) groups is 2. The molecule has 1 heterocycles. The monoisotopic (exact) mass is 404 g/mol. The van der Waals surface area contributed by atoms with E-state index < -0.39 is 41.0 Å². The predicted molar refractivity (Wildman–Crippen MR) is 110 cm³/mol. The third kappa shape index (κ3) is 3.26. The number of rotatable bonds is 4. The van der Waals surface area contributed by atoms with Gasteiger partial charge in [0.05, 0.1) is 25.4 Å². The van der Waals surface area contributed by atoms with Crippen LogP contribution in [-0.4, -0.2) is 44.5 Å². The highest BCUT2D eigenvalue weighted by molar-refractivity contribution is 6.51. The van der Waals surface area contributed by atoms with E-state index in [-0.39, 0.29) is 6.42 Å². The summed E-state index contributed by atoms with van der Waals surface area (Å²) in [4.78, 5) is 25.3. The maximum absolute atomic E-state index is 12.7. The molecule has 0 aromatic rings. The molecule has 2 fully saturated rings. The van der Waals surface area contributed by atoms with Crippen LogP contribution in [0.3, 0.4) is 0 Å². The van der Waals surface area contributed by atoms with E-state index in [1.165, 1.54) is 14.2 Å². The molecule has 3 rings (SSSR count). The Balaban J connectivity index is 2.11. The summed E-state index contributed by atoms with van der Waals surface area (Å²) >= 11 is 0. The standard InChI is InChI=1S/C22H33BO6/c1-15-13-21(17(24)26-6,18(25)27-7)14-16(15)22(11-9-8-10-12-22)23-28-19(2,3)20(4,5)29-23/h14H,1,8-13H2,2-7H3. The largest absolute Gasteiger partial charge is 0.469 e. The molecular formula is C22H33BO6. The van der Waals surface area contributed by atoms with E-state index in [9.17, 15) is 9.59 Å². The zero-order chi connectivity index (χ0) is 21.7. The molecule has 0 unspecified atom stereocenters. The highest BCUT2D eigenvalue weighted by Crippen LogP contribution is 2.61. The Morgan fingerprint density at radius 3 is 1.90 bits per heavy atom. The summed E-state index contributed by atoms with van der Waals surface area (Å²) in [5, 5.41) is -0.454. The van der Waals surface area contributed by atoms with Gasteiger partial charge in [-0.1, -0.05) is 37.5 Å². The van der Waals surface area contributed by atoms with Crippen molar-refractivity contribution >= 4 is 19.1 Å². The fourth-order valence-electron chi connectivity index (χ4n) is 4.92. The van der Waals surface area contributed by atoms with Crippen molar-refractivity contribution < 1.29 is 28.4 Å². The lowest BCUT2D eigenvalue weighted by Crippen LogP contribution is -2.41. The molecule has 2 aliphatic carbocycles. The molecule has 3 aliphatic rings. The average molecular weight is 404 g/mol. The fraction of sp³-hybridized carbons (Fsp3) is 0.727. The Morgan fingerprint density at radius 2 is 1.45 bits per heavy atom. The molecule has 160 valence electrons. The summed E-state index contributed by atoms with van der Waals surface area (Å²) in [5.74, 6) is -1.25. The van der Waals surface area contributed by atoms with Crippen molar-refractivity contribution in [2.24, 2.45) is 5.41 Å². The van der Waals surface area contributed by atoms with Crippen molar-refractivity contribution in [3.63, 3.8) is 0 Å². The molecule has 1 saturated carbocycles. The first-order chi connectivity index (χ1) is 13.5. The second-order valence-corrected chi connectivity index (χ2v) is 9.60. The number of carbonyl (C=O) groups excluding carboxylic acids is 2. The van der Waals surface area contributed by atoms with Gasteiger partial charge >= 0.3 is 19.1 Å². The molecule has 0 aromatic heterocycles. The van der Waals surface area contributed by atoms with Crippen LogP contribution in [0.4, 0.5) is 0 Å². The van der Waals surface area contributed by atoms with Crippen molar-refractivity contribution in [1.82, 2.24) is 0 Å². The molecule has 6 nitrogen and oxygen atoms in total. The number of hydrogen-bond donors (Lipinski definition) is 0. The Bertz CT molecular complexity index is 712. The average Bonchev–Trinajstić information content (AvgIpc) is 3.15. The first-order valence-electron chi connectivity index (χ1n) is 10.4. The van der Waals surface area contributed by atoms with E-state index in [4.69, 9.17) is 18.8 Å². The quantitative estimate of drug-likeness (QED) is 0.401. The first kappa shape index (κ1) is 22.1. The van der Waals surface area contributed by atoms with Gasteiger partial charge < -0.3 is 18.8 Å². The zero-order valence-corrected chi connectivity index (χ0v) is 18.6. The van der Waals surface area contributed by atoms with Gasteiger partial charge in [-0.2, -0.15) is 0 Å². The molecule has 0 N–H and O–H groups in total. The maximum atomic E-state index is 12.7. The lowest BCUT2D eigenvalue weighted by atomic mass is 9.47. The van der Waals surface area contributed by atoms with Gasteiger partial charge in [0, 0.05) is 11.7 Å².